The normalized spacial score (nSPS) is 22.1. The first-order valence-electron chi connectivity index (χ1n) is 7.24. The van der Waals surface area contributed by atoms with Crippen molar-refractivity contribution in [2.45, 2.75) is 44.9 Å². The Hall–Kier alpha value is -2.06. The molecule has 2 heterocycles. The van der Waals surface area contributed by atoms with Crippen molar-refractivity contribution < 1.29 is 22.8 Å². The molecule has 23 heavy (non-hydrogen) atoms. The molecule has 9 heteroatoms. The monoisotopic (exact) mass is 332 g/mol. The number of carbonyl (C=O) groups is 2. The van der Waals surface area contributed by atoms with Gasteiger partial charge in [-0.1, -0.05) is 0 Å². The highest BCUT2D eigenvalue weighted by molar-refractivity contribution is 5.95. The molecule has 0 spiro atoms. The zero-order valence-corrected chi connectivity index (χ0v) is 13.1. The third-order valence-electron chi connectivity index (χ3n) is 3.96. The van der Waals surface area contributed by atoms with E-state index < -0.39 is 30.1 Å². The Labute approximate surface area is 131 Å². The average Bonchev–Trinajstić information content (AvgIpc) is 2.76. The van der Waals surface area contributed by atoms with E-state index in [9.17, 15) is 22.8 Å². The van der Waals surface area contributed by atoms with Crippen LogP contribution in [0.25, 0.3) is 0 Å². The van der Waals surface area contributed by atoms with Crippen LogP contribution in [-0.4, -0.2) is 51.3 Å². The number of piperidine rings is 1. The van der Waals surface area contributed by atoms with Crippen LogP contribution in [0.4, 0.5) is 13.2 Å². The first-order valence-corrected chi connectivity index (χ1v) is 7.24. The zero-order valence-electron chi connectivity index (χ0n) is 13.1. The predicted octanol–water partition coefficient (Wildman–Crippen LogP) is 1.40. The summed E-state index contributed by atoms with van der Waals surface area (Å²) < 4.78 is 40.4. The van der Waals surface area contributed by atoms with Gasteiger partial charge in [-0.15, -0.1) is 0 Å². The molecule has 0 aliphatic carbocycles. The molecule has 1 aromatic heterocycles. The van der Waals surface area contributed by atoms with Crippen LogP contribution in [0.3, 0.4) is 0 Å². The molecule has 128 valence electrons. The molecule has 6 nitrogen and oxygen atoms in total. The van der Waals surface area contributed by atoms with Crippen LogP contribution < -0.4 is 5.32 Å². The first-order chi connectivity index (χ1) is 10.6. The maximum absolute atomic E-state index is 13.0. The Morgan fingerprint density at radius 2 is 2.00 bits per heavy atom. The fourth-order valence-electron chi connectivity index (χ4n) is 2.86. The summed E-state index contributed by atoms with van der Waals surface area (Å²) in [4.78, 5) is 24.5. The van der Waals surface area contributed by atoms with Crippen LogP contribution in [0.5, 0.6) is 0 Å². The molecular formula is C14H19F3N4O2. The fourth-order valence-corrected chi connectivity index (χ4v) is 2.86. The van der Waals surface area contributed by atoms with E-state index in [0.29, 0.717) is 11.3 Å². The van der Waals surface area contributed by atoms with Crippen molar-refractivity contribution in [1.29, 1.82) is 0 Å². The number of aromatic nitrogens is 2. The summed E-state index contributed by atoms with van der Waals surface area (Å²) in [5.41, 5.74) is 0.914. The number of hydrogen-bond acceptors (Lipinski definition) is 3. The van der Waals surface area contributed by atoms with Gasteiger partial charge in [0.15, 0.2) is 0 Å². The Morgan fingerprint density at radius 1 is 1.35 bits per heavy atom. The lowest BCUT2D eigenvalue weighted by Crippen LogP contribution is -2.57. The molecule has 2 rings (SSSR count). The molecule has 1 N–H and O–H groups in total. The number of halogens is 3. The summed E-state index contributed by atoms with van der Waals surface area (Å²) in [7, 11) is 1.68. The van der Waals surface area contributed by atoms with Gasteiger partial charge < -0.3 is 10.2 Å². The summed E-state index contributed by atoms with van der Waals surface area (Å²) in [5.74, 6) is -1.04. The molecule has 0 unspecified atom stereocenters. The van der Waals surface area contributed by atoms with Gasteiger partial charge >= 0.3 is 6.18 Å². The molecule has 0 bridgehead atoms. The number of rotatable bonds is 2. The molecular weight excluding hydrogens is 313 g/mol. The van der Waals surface area contributed by atoms with Crippen LogP contribution in [-0.2, 0) is 11.8 Å². The molecule has 1 saturated heterocycles. The zero-order chi connectivity index (χ0) is 17.4. The van der Waals surface area contributed by atoms with Crippen molar-refractivity contribution in [3.8, 4) is 0 Å². The van der Waals surface area contributed by atoms with Gasteiger partial charge in [-0.25, -0.2) is 0 Å². The maximum Gasteiger partial charge on any atom is 0.408 e. The van der Waals surface area contributed by atoms with E-state index in [1.165, 1.54) is 4.68 Å². The Balaban J connectivity index is 2.07. The third kappa shape index (κ3) is 3.83. The van der Waals surface area contributed by atoms with Crippen LogP contribution in [0.15, 0.2) is 6.20 Å². The molecule has 2 atom stereocenters. The van der Waals surface area contributed by atoms with E-state index in [-0.39, 0.29) is 19.4 Å². The van der Waals surface area contributed by atoms with Gasteiger partial charge in [-0.05, 0) is 19.8 Å². The predicted molar refractivity (Wildman–Crippen MR) is 75.7 cm³/mol. The van der Waals surface area contributed by atoms with E-state index in [4.69, 9.17) is 0 Å². The minimum Gasteiger partial charge on any atom is -0.347 e. The standard InChI is InChI=1S/C14H19F3N4O2/c1-8-11(7-20(3)19-8)13(23)18-10-4-5-12(14(15,16)17)21(6-10)9(2)22/h7,10,12H,4-6H2,1-3H3,(H,18,23)/t10-,12-/m0/s1. The number of aryl methyl sites for hydroxylation is 2. The van der Waals surface area contributed by atoms with Crippen LogP contribution >= 0.6 is 0 Å². The average molecular weight is 332 g/mol. The number of alkyl halides is 3. The van der Waals surface area contributed by atoms with E-state index in [1.807, 2.05) is 0 Å². The van der Waals surface area contributed by atoms with Crippen LogP contribution in [0.1, 0.15) is 35.8 Å². The quantitative estimate of drug-likeness (QED) is 0.890. The minimum absolute atomic E-state index is 0.148. The number of nitrogens with one attached hydrogen (secondary N) is 1. The first kappa shape index (κ1) is 17.3. The lowest BCUT2D eigenvalue weighted by molar-refractivity contribution is -0.196. The Bertz CT molecular complexity index is 612. The molecule has 1 aliphatic rings. The Morgan fingerprint density at radius 3 is 2.48 bits per heavy atom. The molecule has 1 aromatic rings. The summed E-state index contributed by atoms with van der Waals surface area (Å²) in [6, 6.07) is -2.29. The van der Waals surface area contributed by atoms with Gasteiger partial charge in [0.2, 0.25) is 5.91 Å². The largest absolute Gasteiger partial charge is 0.408 e. The van der Waals surface area contributed by atoms with Gasteiger partial charge in [-0.2, -0.15) is 18.3 Å². The highest BCUT2D eigenvalue weighted by Gasteiger charge is 2.47. The van der Waals surface area contributed by atoms with Gasteiger partial charge in [-0.3, -0.25) is 14.3 Å². The molecule has 0 aromatic carbocycles. The highest BCUT2D eigenvalue weighted by Crippen LogP contribution is 2.32. The van der Waals surface area contributed by atoms with E-state index >= 15 is 0 Å². The van der Waals surface area contributed by atoms with E-state index in [1.54, 1.807) is 20.2 Å². The second-order valence-electron chi connectivity index (χ2n) is 5.78. The topological polar surface area (TPSA) is 67.2 Å². The van der Waals surface area contributed by atoms with Gasteiger partial charge in [0.05, 0.1) is 11.3 Å². The van der Waals surface area contributed by atoms with E-state index in [2.05, 4.69) is 10.4 Å². The molecule has 0 saturated carbocycles. The van der Waals surface area contributed by atoms with Gasteiger partial charge in [0, 0.05) is 32.8 Å². The number of nitrogens with zero attached hydrogens (tertiary/aromatic N) is 3. The maximum atomic E-state index is 13.0. The van der Waals surface area contributed by atoms with Gasteiger partial charge in [0.25, 0.3) is 5.91 Å². The van der Waals surface area contributed by atoms with Crippen molar-refractivity contribution >= 4 is 11.8 Å². The number of carbonyl (C=O) groups excluding carboxylic acids is 2. The molecule has 1 aliphatic heterocycles. The summed E-state index contributed by atoms with van der Waals surface area (Å²) in [6.45, 7) is 2.64. The third-order valence-corrected chi connectivity index (χ3v) is 3.96. The molecule has 0 radical (unpaired) electrons. The second kappa shape index (κ2) is 6.21. The van der Waals surface area contributed by atoms with Crippen LogP contribution in [0, 0.1) is 6.92 Å². The van der Waals surface area contributed by atoms with E-state index in [0.717, 1.165) is 11.8 Å². The minimum atomic E-state index is -4.46. The van der Waals surface area contributed by atoms with Crippen molar-refractivity contribution in [2.75, 3.05) is 6.54 Å². The number of amides is 2. The van der Waals surface area contributed by atoms with Crippen LogP contribution in [0.2, 0.25) is 0 Å². The fraction of sp³-hybridized carbons (Fsp3) is 0.643. The van der Waals surface area contributed by atoms with Crippen molar-refractivity contribution in [1.82, 2.24) is 20.0 Å². The SMILES string of the molecule is CC(=O)N1C[C@@H](NC(=O)c2cn(C)nc2C)CC[C@H]1C(F)(F)F. The van der Waals surface area contributed by atoms with Crippen molar-refractivity contribution in [2.24, 2.45) is 7.05 Å². The second-order valence-corrected chi connectivity index (χ2v) is 5.78. The number of likely N-dealkylation sites (tertiary alicyclic amines) is 1. The smallest absolute Gasteiger partial charge is 0.347 e. The van der Waals surface area contributed by atoms with Crippen molar-refractivity contribution in [3.63, 3.8) is 0 Å². The van der Waals surface area contributed by atoms with Gasteiger partial charge in [0.1, 0.15) is 6.04 Å². The summed E-state index contributed by atoms with van der Waals surface area (Å²) in [6.07, 6.45) is -2.96. The lowest BCUT2D eigenvalue weighted by atomic mass is 9.97. The highest BCUT2D eigenvalue weighted by atomic mass is 19.4. The molecule has 1 fully saturated rings. The molecule has 2 amide bonds. The summed E-state index contributed by atoms with van der Waals surface area (Å²) in [5, 5.41) is 6.75. The number of hydrogen-bond donors (Lipinski definition) is 1. The Kier molecular flexibility index (Phi) is 4.67. The summed E-state index contributed by atoms with van der Waals surface area (Å²) >= 11 is 0. The lowest BCUT2D eigenvalue weighted by Gasteiger charge is -2.40. The van der Waals surface area contributed by atoms with Crippen molar-refractivity contribution in [3.05, 3.63) is 17.5 Å².